The zero-order valence-electron chi connectivity index (χ0n) is 9.36. The summed E-state index contributed by atoms with van der Waals surface area (Å²) in [6, 6.07) is 3.73. The Labute approximate surface area is 105 Å². The maximum absolute atomic E-state index is 12.3. The average molecular weight is 271 g/mol. The van der Waals surface area contributed by atoms with Gasteiger partial charge in [-0.3, -0.25) is 0 Å². The second kappa shape index (κ2) is 4.63. The molecule has 0 spiro atoms. The number of halogens is 3. The molecule has 3 N–H and O–H groups in total. The Hall–Kier alpha value is -2.51. The molecule has 2 rings (SSSR count). The Balaban J connectivity index is 2.12. The van der Waals surface area contributed by atoms with Crippen molar-refractivity contribution in [3.63, 3.8) is 0 Å². The molecule has 0 bridgehead atoms. The molecular formula is C11H8F3N3O2. The Morgan fingerprint density at radius 1 is 1.26 bits per heavy atom. The van der Waals surface area contributed by atoms with Crippen molar-refractivity contribution in [2.45, 2.75) is 6.18 Å². The second-order valence-electron chi connectivity index (χ2n) is 3.57. The van der Waals surface area contributed by atoms with E-state index in [0.29, 0.717) is 0 Å². The van der Waals surface area contributed by atoms with E-state index in [1.54, 1.807) is 0 Å². The Morgan fingerprint density at radius 2 is 1.89 bits per heavy atom. The molecule has 8 heteroatoms. The van der Waals surface area contributed by atoms with Gasteiger partial charge in [0, 0.05) is 0 Å². The van der Waals surface area contributed by atoms with Gasteiger partial charge in [-0.25, -0.2) is 9.78 Å². The van der Waals surface area contributed by atoms with Gasteiger partial charge >= 0.3 is 12.1 Å². The molecule has 0 saturated heterocycles. The van der Waals surface area contributed by atoms with Crippen molar-refractivity contribution < 1.29 is 22.7 Å². The van der Waals surface area contributed by atoms with E-state index in [0.717, 1.165) is 24.3 Å². The summed E-state index contributed by atoms with van der Waals surface area (Å²) < 4.78 is 41.8. The first kappa shape index (κ1) is 12.9. The Morgan fingerprint density at radius 3 is 2.37 bits per heavy atom. The number of esters is 1. The summed E-state index contributed by atoms with van der Waals surface area (Å²) in [6.45, 7) is 0. The van der Waals surface area contributed by atoms with Crippen LogP contribution in [-0.4, -0.2) is 15.9 Å². The highest BCUT2D eigenvalue weighted by Crippen LogP contribution is 2.30. The highest BCUT2D eigenvalue weighted by molar-refractivity contribution is 5.93. The van der Waals surface area contributed by atoms with E-state index in [1.807, 2.05) is 0 Å². The molecule has 0 aliphatic heterocycles. The fourth-order valence-corrected chi connectivity index (χ4v) is 1.34. The van der Waals surface area contributed by atoms with Crippen molar-refractivity contribution in [3.05, 3.63) is 41.9 Å². The van der Waals surface area contributed by atoms with Crippen LogP contribution in [0.5, 0.6) is 5.75 Å². The van der Waals surface area contributed by atoms with Gasteiger partial charge in [0.15, 0.2) is 11.5 Å². The van der Waals surface area contributed by atoms with Crippen LogP contribution in [0.3, 0.4) is 0 Å². The van der Waals surface area contributed by atoms with E-state index in [9.17, 15) is 18.0 Å². The van der Waals surface area contributed by atoms with Crippen molar-refractivity contribution in [2.24, 2.45) is 0 Å². The van der Waals surface area contributed by atoms with Gasteiger partial charge in [-0.1, -0.05) is 0 Å². The van der Waals surface area contributed by atoms with Crippen LogP contribution in [0.25, 0.3) is 0 Å². The van der Waals surface area contributed by atoms with Gasteiger partial charge in [0.05, 0.1) is 11.9 Å². The molecule has 0 atom stereocenters. The first-order valence-electron chi connectivity index (χ1n) is 5.06. The number of H-pyrrole nitrogens is 1. The van der Waals surface area contributed by atoms with Crippen molar-refractivity contribution in [3.8, 4) is 5.75 Å². The number of nitrogens with two attached hydrogens (primary N) is 1. The first-order chi connectivity index (χ1) is 8.88. The van der Waals surface area contributed by atoms with Crippen LogP contribution < -0.4 is 10.5 Å². The quantitative estimate of drug-likeness (QED) is 0.648. The van der Waals surface area contributed by atoms with Crippen LogP contribution in [0.4, 0.5) is 19.0 Å². The van der Waals surface area contributed by atoms with Gasteiger partial charge in [0.1, 0.15) is 5.75 Å². The highest BCUT2D eigenvalue weighted by atomic mass is 19.4. The van der Waals surface area contributed by atoms with E-state index in [-0.39, 0.29) is 17.3 Å². The topological polar surface area (TPSA) is 81.0 Å². The number of ether oxygens (including phenoxy) is 1. The minimum atomic E-state index is -4.43. The molecule has 0 amide bonds. The minimum Gasteiger partial charge on any atom is -0.422 e. The maximum Gasteiger partial charge on any atom is 0.416 e. The second-order valence-corrected chi connectivity index (χ2v) is 3.57. The smallest absolute Gasteiger partial charge is 0.416 e. The third kappa shape index (κ3) is 2.84. The summed E-state index contributed by atoms with van der Waals surface area (Å²) >= 11 is 0. The summed E-state index contributed by atoms with van der Waals surface area (Å²) in [5.41, 5.74) is 4.50. The zero-order valence-corrected chi connectivity index (χ0v) is 9.36. The summed E-state index contributed by atoms with van der Waals surface area (Å²) in [4.78, 5) is 17.7. The summed E-state index contributed by atoms with van der Waals surface area (Å²) in [6.07, 6.45) is -3.23. The number of aromatic amines is 1. The molecule has 19 heavy (non-hydrogen) atoms. The lowest BCUT2D eigenvalue weighted by Gasteiger charge is -2.07. The first-order valence-corrected chi connectivity index (χ1v) is 5.06. The Bertz CT molecular complexity index is 590. The normalized spacial score (nSPS) is 11.3. The molecule has 2 aromatic rings. The lowest BCUT2D eigenvalue weighted by atomic mass is 10.2. The van der Waals surface area contributed by atoms with Crippen molar-refractivity contribution in [1.29, 1.82) is 0 Å². The molecule has 0 fully saturated rings. The van der Waals surface area contributed by atoms with Crippen LogP contribution in [0.15, 0.2) is 30.6 Å². The standard InChI is InChI=1S/C11H8F3N3O2/c12-11(13,14)6-1-3-7(4-2-6)19-10(18)8-9(15)17-5-16-8/h1-5H,15H2,(H,16,17). The summed E-state index contributed by atoms with van der Waals surface area (Å²) in [5.74, 6) is -0.890. The monoisotopic (exact) mass is 271 g/mol. The molecule has 0 aliphatic carbocycles. The van der Waals surface area contributed by atoms with Gasteiger partial charge in [-0.05, 0) is 24.3 Å². The van der Waals surface area contributed by atoms with Crippen LogP contribution in [0.1, 0.15) is 16.1 Å². The van der Waals surface area contributed by atoms with Crippen molar-refractivity contribution in [2.75, 3.05) is 5.73 Å². The van der Waals surface area contributed by atoms with Gasteiger partial charge < -0.3 is 15.5 Å². The molecule has 1 aromatic heterocycles. The fraction of sp³-hybridized carbons (Fsp3) is 0.0909. The van der Waals surface area contributed by atoms with Crippen molar-refractivity contribution in [1.82, 2.24) is 9.97 Å². The van der Waals surface area contributed by atoms with Gasteiger partial charge in [-0.15, -0.1) is 0 Å². The van der Waals surface area contributed by atoms with Crippen molar-refractivity contribution >= 4 is 11.8 Å². The Kier molecular flexibility index (Phi) is 3.16. The fourth-order valence-electron chi connectivity index (χ4n) is 1.34. The number of nitrogens with zero attached hydrogens (tertiary/aromatic N) is 1. The number of carbonyl (C=O) groups is 1. The predicted octanol–water partition coefficient (Wildman–Crippen LogP) is 2.23. The maximum atomic E-state index is 12.3. The van der Waals surface area contributed by atoms with Gasteiger partial charge in [0.25, 0.3) is 0 Å². The SMILES string of the molecule is Nc1nc[nH]c1C(=O)Oc1ccc(C(F)(F)F)cc1. The van der Waals surface area contributed by atoms with Gasteiger partial charge in [-0.2, -0.15) is 13.2 Å². The molecule has 0 saturated carbocycles. The third-order valence-electron chi connectivity index (χ3n) is 2.26. The molecule has 100 valence electrons. The van der Waals surface area contributed by atoms with E-state index in [2.05, 4.69) is 9.97 Å². The van der Waals surface area contributed by atoms with Gasteiger partial charge in [0.2, 0.25) is 0 Å². The molecular weight excluding hydrogens is 263 g/mol. The number of imidazole rings is 1. The van der Waals surface area contributed by atoms with Crippen LogP contribution in [-0.2, 0) is 6.18 Å². The number of nitrogen functional groups attached to an aromatic ring is 1. The molecule has 1 heterocycles. The molecule has 0 radical (unpaired) electrons. The summed E-state index contributed by atoms with van der Waals surface area (Å²) in [7, 11) is 0. The number of hydrogen-bond donors (Lipinski definition) is 2. The average Bonchev–Trinajstić information content (AvgIpc) is 2.75. The molecule has 0 unspecified atom stereocenters. The molecule has 1 aromatic carbocycles. The number of anilines is 1. The summed E-state index contributed by atoms with van der Waals surface area (Å²) in [5, 5.41) is 0. The van der Waals surface area contributed by atoms with E-state index in [4.69, 9.17) is 10.5 Å². The number of alkyl halides is 3. The van der Waals surface area contributed by atoms with Crippen LogP contribution in [0.2, 0.25) is 0 Å². The molecule has 5 nitrogen and oxygen atoms in total. The predicted molar refractivity (Wildman–Crippen MR) is 59.4 cm³/mol. The number of nitrogens with one attached hydrogen (secondary N) is 1. The third-order valence-corrected chi connectivity index (χ3v) is 2.26. The minimum absolute atomic E-state index is 0.0213. The largest absolute Gasteiger partial charge is 0.422 e. The lowest BCUT2D eigenvalue weighted by Crippen LogP contribution is -2.11. The number of rotatable bonds is 2. The number of benzene rings is 1. The highest BCUT2D eigenvalue weighted by Gasteiger charge is 2.30. The number of hydrogen-bond acceptors (Lipinski definition) is 4. The van der Waals surface area contributed by atoms with E-state index >= 15 is 0 Å². The number of aromatic nitrogens is 2. The van der Waals surface area contributed by atoms with E-state index in [1.165, 1.54) is 6.33 Å². The van der Waals surface area contributed by atoms with Crippen LogP contribution >= 0.6 is 0 Å². The zero-order chi connectivity index (χ0) is 14.0. The molecule has 0 aliphatic rings. The van der Waals surface area contributed by atoms with E-state index < -0.39 is 17.7 Å². The lowest BCUT2D eigenvalue weighted by molar-refractivity contribution is -0.137. The van der Waals surface area contributed by atoms with Crippen LogP contribution in [0, 0.1) is 0 Å². The number of carbonyl (C=O) groups excluding carboxylic acids is 1.